The lowest BCUT2D eigenvalue weighted by Crippen LogP contribution is -2.42. The molecule has 3 N–H and O–H groups in total. The maximum atomic E-state index is 15.7. The first-order valence-electron chi connectivity index (χ1n) is 14.4. The van der Waals surface area contributed by atoms with Crippen molar-refractivity contribution >= 4 is 41.5 Å². The third-order valence-corrected chi connectivity index (χ3v) is 8.04. The van der Waals surface area contributed by atoms with Crippen molar-refractivity contribution in [2.45, 2.75) is 38.7 Å². The monoisotopic (exact) mass is 683 g/mol. The molecule has 5 rings (SSSR count). The molecule has 0 amide bonds. The van der Waals surface area contributed by atoms with E-state index >= 15 is 8.78 Å². The van der Waals surface area contributed by atoms with Gasteiger partial charge in [0.2, 0.25) is 0 Å². The van der Waals surface area contributed by atoms with Crippen molar-refractivity contribution in [2.24, 2.45) is 0 Å². The number of anilines is 1. The van der Waals surface area contributed by atoms with Crippen LogP contribution in [0.25, 0.3) is 0 Å². The average molecular weight is 684 g/mol. The lowest BCUT2D eigenvalue weighted by atomic mass is 9.61. The number of rotatable bonds is 10. The number of nitrogens with zero attached hydrogens (tertiary/aromatic N) is 1. The van der Waals surface area contributed by atoms with E-state index in [1.54, 1.807) is 13.8 Å². The van der Waals surface area contributed by atoms with E-state index in [2.05, 4.69) is 0 Å². The van der Waals surface area contributed by atoms with E-state index < -0.39 is 95.4 Å². The molecule has 0 radical (unpaired) electrons. The Labute approximate surface area is 275 Å². The van der Waals surface area contributed by atoms with Gasteiger partial charge in [-0.25, -0.2) is 18.4 Å². The summed E-state index contributed by atoms with van der Waals surface area (Å²) in [6.45, 7) is 2.59. The maximum Gasteiger partial charge on any atom is 0.341 e. The molecule has 0 aromatic heterocycles. The molecule has 3 aromatic rings. The molecule has 0 atom stereocenters. The number of fused-ring (bicyclic) bond motifs is 6. The van der Waals surface area contributed by atoms with Gasteiger partial charge < -0.3 is 39.2 Å². The van der Waals surface area contributed by atoms with Gasteiger partial charge in [-0.2, -0.15) is 0 Å². The number of carbonyl (C=O) groups excluding carboxylic acids is 3. The molecule has 2 aliphatic rings. The van der Waals surface area contributed by atoms with Crippen LogP contribution in [0.2, 0.25) is 0 Å². The van der Waals surface area contributed by atoms with Gasteiger partial charge in [0.1, 0.15) is 18.8 Å². The number of benzene rings is 3. The minimum absolute atomic E-state index is 0.0602. The smallest absolute Gasteiger partial charge is 0.341 e. The van der Waals surface area contributed by atoms with Crippen LogP contribution in [0, 0.1) is 11.6 Å². The molecule has 256 valence electrons. The number of esters is 3. The number of aliphatic carboxylic acids is 3. The highest BCUT2D eigenvalue weighted by atomic mass is 19.1. The molecule has 3 aromatic carbocycles. The Kier molecular flexibility index (Phi) is 8.53. The Balaban J connectivity index is 1.90. The lowest BCUT2D eigenvalue weighted by Gasteiger charge is -2.44. The highest BCUT2D eigenvalue weighted by Gasteiger charge is 2.57. The number of carboxylic acid groups (broad SMARTS) is 3. The van der Waals surface area contributed by atoms with Crippen molar-refractivity contribution in [3.63, 3.8) is 0 Å². The van der Waals surface area contributed by atoms with Crippen molar-refractivity contribution in [3.8, 4) is 17.2 Å². The Morgan fingerprint density at radius 1 is 0.714 bits per heavy atom. The first kappa shape index (κ1) is 34.3. The van der Waals surface area contributed by atoms with Crippen LogP contribution in [0.4, 0.5) is 14.5 Å². The van der Waals surface area contributed by atoms with E-state index in [4.69, 9.17) is 18.9 Å². The second-order valence-electron chi connectivity index (χ2n) is 11.7. The molecule has 14 nitrogen and oxygen atoms in total. The molecule has 1 aliphatic heterocycles. The molecule has 0 saturated carbocycles. The standard InChI is InChI=1S/C33H27F2NO13/c1-14(37)47-25-9-18-20(6-22(25)34)33(21-7-23(35)26(48-15(2)38)10-19(21)32(18,3)4)17-8-27(46-13-30(43)44)24(5-16(17)31(45)49-33)36(11-28(39)40)12-29(41)42/h5-10H,11-13H2,1-4H3,(H,39,40)(H,41,42)(H,43,44). The topological polar surface area (TPSA) is 203 Å². The Morgan fingerprint density at radius 2 is 1.18 bits per heavy atom. The minimum Gasteiger partial charge on any atom is -0.480 e. The van der Waals surface area contributed by atoms with Gasteiger partial charge in [0.25, 0.3) is 0 Å². The summed E-state index contributed by atoms with van der Waals surface area (Å²) >= 11 is 0. The van der Waals surface area contributed by atoms with Crippen LogP contribution in [-0.2, 0) is 39.7 Å². The molecular weight excluding hydrogens is 656 g/mol. The SMILES string of the molecule is CC(=O)Oc1cc2c(cc1F)C1(OC(=O)c3cc(N(CC(=O)O)CC(=O)O)c(OCC(=O)O)cc31)c1cc(F)c(OC(C)=O)cc1C2(C)C. The fourth-order valence-corrected chi connectivity index (χ4v) is 6.21. The zero-order valence-corrected chi connectivity index (χ0v) is 26.2. The second kappa shape index (κ2) is 12.2. The summed E-state index contributed by atoms with van der Waals surface area (Å²) in [6, 6.07) is 6.43. The van der Waals surface area contributed by atoms with E-state index in [1.807, 2.05) is 0 Å². The van der Waals surface area contributed by atoms with Crippen LogP contribution < -0.4 is 19.1 Å². The van der Waals surface area contributed by atoms with Gasteiger partial charge in [-0.15, -0.1) is 0 Å². The van der Waals surface area contributed by atoms with Gasteiger partial charge in [-0.1, -0.05) is 13.8 Å². The number of hydrogen-bond donors (Lipinski definition) is 3. The van der Waals surface area contributed by atoms with Crippen LogP contribution >= 0.6 is 0 Å². The molecule has 1 spiro atoms. The molecule has 0 fully saturated rings. The van der Waals surface area contributed by atoms with Gasteiger partial charge in [-0.3, -0.25) is 19.2 Å². The highest BCUT2D eigenvalue weighted by Crippen LogP contribution is 2.59. The number of carbonyl (C=O) groups is 6. The summed E-state index contributed by atoms with van der Waals surface area (Å²) in [6.07, 6.45) is 0. The summed E-state index contributed by atoms with van der Waals surface area (Å²) in [5.41, 5.74) is -3.84. The fraction of sp³-hybridized carbons (Fsp3) is 0.273. The van der Waals surface area contributed by atoms with Gasteiger partial charge in [0.05, 0.1) is 11.3 Å². The molecule has 0 unspecified atom stereocenters. The zero-order valence-electron chi connectivity index (χ0n) is 26.2. The third-order valence-electron chi connectivity index (χ3n) is 8.04. The van der Waals surface area contributed by atoms with Gasteiger partial charge in [0.15, 0.2) is 35.3 Å². The summed E-state index contributed by atoms with van der Waals surface area (Å²) in [7, 11) is 0. The zero-order chi connectivity index (χ0) is 36.2. The molecule has 16 heteroatoms. The first-order chi connectivity index (χ1) is 22.9. The number of hydrogen-bond acceptors (Lipinski definition) is 11. The molecule has 0 saturated heterocycles. The minimum atomic E-state index is -2.21. The van der Waals surface area contributed by atoms with E-state index in [0.717, 1.165) is 43.0 Å². The quantitative estimate of drug-likeness (QED) is 0.207. The van der Waals surface area contributed by atoms with Crippen LogP contribution in [0.15, 0.2) is 36.4 Å². The van der Waals surface area contributed by atoms with E-state index in [0.29, 0.717) is 0 Å². The van der Waals surface area contributed by atoms with Crippen molar-refractivity contribution in [1.82, 2.24) is 0 Å². The van der Waals surface area contributed by atoms with Crippen molar-refractivity contribution in [1.29, 1.82) is 0 Å². The molecule has 1 aliphatic carbocycles. The maximum absolute atomic E-state index is 15.7. The Morgan fingerprint density at radius 3 is 1.61 bits per heavy atom. The van der Waals surface area contributed by atoms with Gasteiger partial charge in [-0.05, 0) is 47.5 Å². The molecule has 49 heavy (non-hydrogen) atoms. The summed E-state index contributed by atoms with van der Waals surface area (Å²) < 4.78 is 53.1. The Bertz CT molecular complexity index is 1900. The highest BCUT2D eigenvalue weighted by molar-refractivity contribution is 5.99. The number of halogens is 2. The summed E-state index contributed by atoms with van der Waals surface area (Å²) in [5, 5.41) is 28.3. The third kappa shape index (κ3) is 5.96. The normalized spacial score (nSPS) is 14.5. The van der Waals surface area contributed by atoms with Crippen molar-refractivity contribution < 1.29 is 71.8 Å². The van der Waals surface area contributed by atoms with Crippen molar-refractivity contribution in [2.75, 3.05) is 24.6 Å². The lowest BCUT2D eigenvalue weighted by molar-refractivity contribution is -0.140. The van der Waals surface area contributed by atoms with E-state index in [9.17, 15) is 44.1 Å². The predicted octanol–water partition coefficient (Wildman–Crippen LogP) is 3.36. The fourth-order valence-electron chi connectivity index (χ4n) is 6.21. The average Bonchev–Trinajstić information content (AvgIpc) is 3.26. The van der Waals surface area contributed by atoms with E-state index in [1.165, 1.54) is 12.1 Å². The van der Waals surface area contributed by atoms with Crippen LogP contribution in [0.1, 0.15) is 65.9 Å². The second-order valence-corrected chi connectivity index (χ2v) is 11.7. The largest absolute Gasteiger partial charge is 0.480 e. The number of ether oxygens (including phenoxy) is 4. The Hall–Kier alpha value is -6.06. The molecular formula is C33H27F2NO13. The molecule has 1 heterocycles. The molecule has 0 bridgehead atoms. The van der Waals surface area contributed by atoms with Crippen LogP contribution in [0.3, 0.4) is 0 Å². The van der Waals surface area contributed by atoms with Gasteiger partial charge >= 0.3 is 35.8 Å². The first-order valence-corrected chi connectivity index (χ1v) is 14.4. The summed E-state index contributed by atoms with van der Waals surface area (Å²) in [5.74, 6) is -10.7. The van der Waals surface area contributed by atoms with Gasteiger partial charge in [0, 0.05) is 36.0 Å². The van der Waals surface area contributed by atoms with Crippen LogP contribution in [-0.4, -0.2) is 70.8 Å². The number of carboxylic acids is 3. The van der Waals surface area contributed by atoms with Crippen LogP contribution in [0.5, 0.6) is 17.2 Å². The predicted molar refractivity (Wildman–Crippen MR) is 160 cm³/mol. The van der Waals surface area contributed by atoms with E-state index in [-0.39, 0.29) is 39.1 Å². The summed E-state index contributed by atoms with van der Waals surface area (Å²) in [4.78, 5) is 73.1. The van der Waals surface area contributed by atoms with Crippen molar-refractivity contribution in [3.05, 3.63) is 81.4 Å².